The van der Waals surface area contributed by atoms with E-state index in [4.69, 9.17) is 0 Å². The fraction of sp³-hybridized carbons (Fsp3) is 0.333. The summed E-state index contributed by atoms with van der Waals surface area (Å²) in [4.78, 5) is 0. The summed E-state index contributed by atoms with van der Waals surface area (Å²) in [6.45, 7) is 0.792. The number of azo groups is 1. The number of hydrogen-bond donors (Lipinski definition) is 0. The van der Waals surface area contributed by atoms with E-state index in [1.807, 2.05) is 0 Å². The zero-order valence-corrected chi connectivity index (χ0v) is 5.21. The number of hydrogen-bond acceptors (Lipinski definition) is 2. The largest absolute Gasteiger partial charge is 0.184 e. The fourth-order valence-electron chi connectivity index (χ4n) is 0.253. The lowest BCUT2D eigenvalue weighted by Gasteiger charge is -1.71. The van der Waals surface area contributed by atoms with Crippen LogP contribution in [0.3, 0.4) is 0 Å². The molecule has 0 aromatic carbocycles. The normalized spacial score (nSPS) is 18.5. The molecule has 2 nitrogen and oxygen atoms in total. The van der Waals surface area contributed by atoms with E-state index >= 15 is 0 Å². The summed E-state index contributed by atoms with van der Waals surface area (Å²) in [6.07, 6.45) is 1.76. The van der Waals surface area contributed by atoms with Gasteiger partial charge in [-0.3, -0.25) is 0 Å². The first kappa shape index (κ1) is 4.23. The summed E-state index contributed by atoms with van der Waals surface area (Å²) in [6, 6.07) is 0. The van der Waals surface area contributed by atoms with Crippen molar-refractivity contribution in [2.75, 3.05) is 6.54 Å². The van der Waals surface area contributed by atoms with Crippen LogP contribution in [0.25, 0.3) is 0 Å². The molecule has 0 atom stereocenters. The van der Waals surface area contributed by atoms with Gasteiger partial charge in [-0.05, 0) is 22.6 Å². The lowest BCUT2D eigenvalue weighted by atomic mass is 10.7. The van der Waals surface area contributed by atoms with Crippen molar-refractivity contribution < 1.29 is 0 Å². The van der Waals surface area contributed by atoms with Crippen molar-refractivity contribution in [1.29, 1.82) is 0 Å². The molecule has 1 heterocycles. The van der Waals surface area contributed by atoms with E-state index in [1.54, 1.807) is 6.20 Å². The molecular weight excluding hydrogens is 191 g/mol. The van der Waals surface area contributed by atoms with Crippen LogP contribution in [0.1, 0.15) is 0 Å². The molecule has 0 amide bonds. The van der Waals surface area contributed by atoms with Gasteiger partial charge in [-0.15, -0.1) is 0 Å². The lowest BCUT2D eigenvalue weighted by Crippen LogP contribution is -1.64. The highest BCUT2D eigenvalue weighted by Crippen LogP contribution is 2.10. The first-order valence-corrected chi connectivity index (χ1v) is 2.68. The maximum Gasteiger partial charge on any atom is 0.0926 e. The van der Waals surface area contributed by atoms with Crippen molar-refractivity contribution >= 4 is 22.6 Å². The van der Waals surface area contributed by atoms with Crippen molar-refractivity contribution in [3.63, 3.8) is 0 Å². The Balaban J connectivity index is 2.61. The van der Waals surface area contributed by atoms with Crippen LogP contribution < -0.4 is 0 Å². The molecule has 1 aliphatic heterocycles. The minimum Gasteiger partial charge on any atom is -0.184 e. The maximum atomic E-state index is 3.69. The summed E-state index contributed by atoms with van der Waals surface area (Å²) < 4.78 is 1.22. The molecule has 0 spiro atoms. The quantitative estimate of drug-likeness (QED) is 0.524. The van der Waals surface area contributed by atoms with Crippen molar-refractivity contribution in [2.24, 2.45) is 10.2 Å². The van der Waals surface area contributed by atoms with Crippen LogP contribution in [0.2, 0.25) is 0 Å². The van der Waals surface area contributed by atoms with Gasteiger partial charge in [-0.1, -0.05) is 0 Å². The monoisotopic (exact) mass is 194 g/mol. The summed E-state index contributed by atoms with van der Waals surface area (Å²) in [5.41, 5.74) is 0. The zero-order chi connectivity index (χ0) is 4.41. The van der Waals surface area contributed by atoms with Crippen LogP contribution in [0.15, 0.2) is 20.0 Å². The number of halogens is 1. The Labute approximate surface area is 49.5 Å². The Morgan fingerprint density at radius 1 is 1.83 bits per heavy atom. The Bertz CT molecular complexity index is 105. The highest BCUT2D eigenvalue weighted by Gasteiger charge is 1.91. The molecule has 0 aromatic rings. The van der Waals surface area contributed by atoms with Gasteiger partial charge in [0.15, 0.2) is 0 Å². The molecule has 0 bridgehead atoms. The third-order valence-electron chi connectivity index (χ3n) is 0.501. The molecule has 0 N–H and O–H groups in total. The molecular formula is C3H3IN2. The summed E-state index contributed by atoms with van der Waals surface area (Å²) in [5.74, 6) is 0. The van der Waals surface area contributed by atoms with Gasteiger partial charge < -0.3 is 0 Å². The van der Waals surface area contributed by atoms with Gasteiger partial charge in [0.05, 0.1) is 12.7 Å². The second-order valence-electron chi connectivity index (χ2n) is 0.991. The minimum absolute atomic E-state index is 0.792. The summed E-state index contributed by atoms with van der Waals surface area (Å²) in [7, 11) is 0. The first-order valence-electron chi connectivity index (χ1n) is 1.61. The van der Waals surface area contributed by atoms with Crippen LogP contribution >= 0.6 is 22.6 Å². The van der Waals surface area contributed by atoms with Gasteiger partial charge in [0.2, 0.25) is 0 Å². The Morgan fingerprint density at radius 2 is 2.67 bits per heavy atom. The van der Waals surface area contributed by atoms with Crippen LogP contribution in [0, 0.1) is 0 Å². The molecule has 0 saturated heterocycles. The van der Waals surface area contributed by atoms with Crippen LogP contribution in [0.4, 0.5) is 0 Å². The topological polar surface area (TPSA) is 24.7 Å². The van der Waals surface area contributed by atoms with Gasteiger partial charge in [-0.25, -0.2) is 0 Å². The van der Waals surface area contributed by atoms with E-state index in [9.17, 15) is 0 Å². The van der Waals surface area contributed by atoms with Crippen LogP contribution in [-0.2, 0) is 0 Å². The predicted octanol–water partition coefficient (Wildman–Crippen LogP) is 1.73. The number of rotatable bonds is 0. The van der Waals surface area contributed by atoms with Crippen molar-refractivity contribution in [3.8, 4) is 0 Å². The second-order valence-corrected chi connectivity index (χ2v) is 2.38. The highest BCUT2D eigenvalue weighted by molar-refractivity contribution is 14.1. The second kappa shape index (κ2) is 1.68. The molecule has 0 aliphatic carbocycles. The van der Waals surface area contributed by atoms with E-state index in [0.717, 1.165) is 6.54 Å². The molecule has 0 aromatic heterocycles. The van der Waals surface area contributed by atoms with E-state index < -0.39 is 0 Å². The van der Waals surface area contributed by atoms with E-state index in [0.29, 0.717) is 0 Å². The molecule has 0 radical (unpaired) electrons. The summed E-state index contributed by atoms with van der Waals surface area (Å²) >= 11 is 2.21. The third-order valence-corrected chi connectivity index (χ3v) is 1.12. The van der Waals surface area contributed by atoms with Gasteiger partial charge >= 0.3 is 0 Å². The Kier molecular flexibility index (Phi) is 1.19. The molecule has 0 unspecified atom stereocenters. The Morgan fingerprint density at radius 3 is 2.83 bits per heavy atom. The average Bonchev–Trinajstić information content (AvgIpc) is 1.86. The van der Waals surface area contributed by atoms with Crippen molar-refractivity contribution in [2.45, 2.75) is 0 Å². The van der Waals surface area contributed by atoms with E-state index in [2.05, 4.69) is 32.8 Å². The van der Waals surface area contributed by atoms with Crippen LogP contribution in [-0.4, -0.2) is 6.54 Å². The smallest absolute Gasteiger partial charge is 0.0926 e. The molecule has 32 valence electrons. The lowest BCUT2D eigenvalue weighted by molar-refractivity contribution is 1.13. The predicted molar refractivity (Wildman–Crippen MR) is 31.8 cm³/mol. The van der Waals surface area contributed by atoms with Gasteiger partial charge in [-0.2, -0.15) is 10.2 Å². The zero-order valence-electron chi connectivity index (χ0n) is 3.06. The molecule has 6 heavy (non-hydrogen) atoms. The first-order chi connectivity index (χ1) is 2.89. The molecule has 0 fully saturated rings. The SMILES string of the molecule is IC1=CN=NC1. The van der Waals surface area contributed by atoms with E-state index in [1.165, 1.54) is 3.58 Å². The fourth-order valence-corrected chi connectivity index (χ4v) is 0.530. The van der Waals surface area contributed by atoms with Gasteiger partial charge in [0, 0.05) is 3.58 Å². The molecule has 1 aliphatic rings. The molecule has 1 rings (SSSR count). The minimum atomic E-state index is 0.792. The highest BCUT2D eigenvalue weighted by atomic mass is 127. The van der Waals surface area contributed by atoms with Gasteiger partial charge in [0.1, 0.15) is 0 Å². The van der Waals surface area contributed by atoms with E-state index in [-0.39, 0.29) is 0 Å². The number of nitrogens with zero attached hydrogens (tertiary/aromatic N) is 2. The summed E-state index contributed by atoms with van der Waals surface area (Å²) in [5, 5.41) is 7.31. The van der Waals surface area contributed by atoms with Crippen molar-refractivity contribution in [3.05, 3.63) is 9.78 Å². The van der Waals surface area contributed by atoms with Crippen LogP contribution in [0.5, 0.6) is 0 Å². The molecule has 3 heteroatoms. The van der Waals surface area contributed by atoms with Gasteiger partial charge in [0.25, 0.3) is 0 Å². The standard InChI is InChI=1S/C3H3IN2/c4-3-1-5-6-2-3/h1H,2H2. The average molecular weight is 194 g/mol. The Hall–Kier alpha value is 0.0700. The molecule has 0 saturated carbocycles. The third kappa shape index (κ3) is 0.767. The van der Waals surface area contributed by atoms with Crippen molar-refractivity contribution in [1.82, 2.24) is 0 Å². The maximum absolute atomic E-state index is 3.69.